The number of carbonyl (C=O) groups excluding carboxylic acids is 1. The molecule has 2 unspecified atom stereocenters. The average Bonchev–Trinajstić information content (AvgIpc) is 2.77. The standard InChI is InChI=1S/C23H34F4N4O3/c1-2-31(11-15-6-7-20(34-14-15)23(25,26)27)18-5-3-4-17(22(18)24)29-10-16-8-9-30(12-19(16)32)13-21(28)33/h3-5,15-16,19-20,29,32H,2,6-14H2,1H3,(H2,28,33)/t15?,16-,19+,20?/m1/s1. The zero-order valence-corrected chi connectivity index (χ0v) is 19.4. The van der Waals surface area contributed by atoms with Crippen LogP contribution in [-0.4, -0.2) is 80.2 Å². The molecule has 1 aromatic carbocycles. The van der Waals surface area contributed by atoms with Crippen LogP contribution in [0.2, 0.25) is 0 Å². The van der Waals surface area contributed by atoms with Crippen molar-refractivity contribution < 1.29 is 32.2 Å². The molecule has 1 amide bonds. The Bertz CT molecular complexity index is 818. The largest absolute Gasteiger partial charge is 0.414 e. The first-order chi connectivity index (χ1) is 16.1. The molecule has 3 rings (SSSR count). The average molecular weight is 491 g/mol. The number of aliphatic hydroxyl groups is 1. The van der Waals surface area contributed by atoms with Crippen LogP contribution in [0.15, 0.2) is 18.2 Å². The summed E-state index contributed by atoms with van der Waals surface area (Å²) in [5, 5.41) is 13.5. The van der Waals surface area contributed by atoms with Crippen LogP contribution in [-0.2, 0) is 9.53 Å². The summed E-state index contributed by atoms with van der Waals surface area (Å²) in [5.41, 5.74) is 5.90. The molecule has 2 aliphatic rings. The van der Waals surface area contributed by atoms with Gasteiger partial charge < -0.3 is 25.8 Å². The van der Waals surface area contributed by atoms with Crippen LogP contribution in [0.4, 0.5) is 28.9 Å². The number of aliphatic hydroxyl groups excluding tert-OH is 1. The van der Waals surface area contributed by atoms with Crippen LogP contribution >= 0.6 is 0 Å². The third kappa shape index (κ3) is 6.96. The zero-order chi connectivity index (χ0) is 24.9. The maximum absolute atomic E-state index is 15.3. The van der Waals surface area contributed by atoms with E-state index >= 15 is 4.39 Å². The number of piperidine rings is 1. The third-order valence-electron chi connectivity index (χ3n) is 6.65. The van der Waals surface area contributed by atoms with Gasteiger partial charge in [-0.25, -0.2) is 4.39 Å². The molecule has 4 atom stereocenters. The van der Waals surface area contributed by atoms with E-state index in [1.807, 2.05) is 11.8 Å². The second-order valence-corrected chi connectivity index (χ2v) is 9.18. The van der Waals surface area contributed by atoms with Gasteiger partial charge in [-0.3, -0.25) is 9.69 Å². The summed E-state index contributed by atoms with van der Waals surface area (Å²) in [7, 11) is 0. The number of halogens is 4. The van der Waals surface area contributed by atoms with Crippen LogP contribution in [0.3, 0.4) is 0 Å². The van der Waals surface area contributed by atoms with Crippen LogP contribution in [0.1, 0.15) is 26.2 Å². The number of nitrogens with one attached hydrogen (secondary N) is 1. The Morgan fingerprint density at radius 3 is 2.68 bits per heavy atom. The van der Waals surface area contributed by atoms with E-state index in [0.717, 1.165) is 0 Å². The molecule has 1 aromatic rings. The van der Waals surface area contributed by atoms with Gasteiger partial charge in [0.15, 0.2) is 11.9 Å². The van der Waals surface area contributed by atoms with Gasteiger partial charge in [-0.1, -0.05) is 6.07 Å². The molecule has 0 radical (unpaired) electrons. The zero-order valence-electron chi connectivity index (χ0n) is 19.4. The second-order valence-electron chi connectivity index (χ2n) is 9.18. The predicted molar refractivity (Wildman–Crippen MR) is 121 cm³/mol. The predicted octanol–water partition coefficient (Wildman–Crippen LogP) is 2.59. The van der Waals surface area contributed by atoms with Crippen molar-refractivity contribution in [2.45, 2.75) is 44.6 Å². The monoisotopic (exact) mass is 490 g/mol. The van der Waals surface area contributed by atoms with Crippen LogP contribution in [0.5, 0.6) is 0 Å². The normalized spacial score (nSPS) is 26.3. The van der Waals surface area contributed by atoms with Crippen molar-refractivity contribution in [3.05, 3.63) is 24.0 Å². The number of benzene rings is 1. The number of likely N-dealkylation sites (tertiary alicyclic amines) is 1. The van der Waals surface area contributed by atoms with Crippen molar-refractivity contribution in [1.29, 1.82) is 0 Å². The topological polar surface area (TPSA) is 91.1 Å². The van der Waals surface area contributed by atoms with E-state index in [4.69, 9.17) is 10.5 Å². The maximum atomic E-state index is 15.3. The van der Waals surface area contributed by atoms with E-state index in [1.54, 1.807) is 23.1 Å². The summed E-state index contributed by atoms with van der Waals surface area (Å²) in [5.74, 6) is -1.09. The fourth-order valence-electron chi connectivity index (χ4n) is 4.71. The summed E-state index contributed by atoms with van der Waals surface area (Å²) in [6.45, 7) is 4.19. The SMILES string of the molecule is CCN(CC1CCC(C(F)(F)F)OC1)c1cccc(NC[C@H]2CCN(CC(N)=O)C[C@@H]2O)c1F. The molecule has 2 fully saturated rings. The van der Waals surface area contributed by atoms with E-state index in [-0.39, 0.29) is 31.4 Å². The van der Waals surface area contributed by atoms with Gasteiger partial charge >= 0.3 is 6.18 Å². The number of hydrogen-bond acceptors (Lipinski definition) is 6. The molecule has 2 aliphatic heterocycles. The Hall–Kier alpha value is -2.11. The lowest BCUT2D eigenvalue weighted by atomic mass is 9.93. The first-order valence-electron chi connectivity index (χ1n) is 11.7. The first-order valence-corrected chi connectivity index (χ1v) is 11.7. The minimum absolute atomic E-state index is 0.00737. The van der Waals surface area contributed by atoms with Crippen LogP contribution in [0, 0.1) is 17.7 Å². The van der Waals surface area contributed by atoms with Gasteiger partial charge in [-0.15, -0.1) is 0 Å². The number of rotatable bonds is 9. The maximum Gasteiger partial charge on any atom is 0.414 e. The summed E-state index contributed by atoms with van der Waals surface area (Å²) < 4.78 is 58.9. The Balaban J connectivity index is 1.57. The van der Waals surface area contributed by atoms with Gasteiger partial charge in [0.25, 0.3) is 0 Å². The smallest absolute Gasteiger partial charge is 0.391 e. The van der Waals surface area contributed by atoms with E-state index in [2.05, 4.69) is 5.32 Å². The molecule has 11 heteroatoms. The van der Waals surface area contributed by atoms with E-state index in [1.165, 1.54) is 0 Å². The Morgan fingerprint density at radius 2 is 2.09 bits per heavy atom. The highest BCUT2D eigenvalue weighted by atomic mass is 19.4. The summed E-state index contributed by atoms with van der Waals surface area (Å²) in [4.78, 5) is 14.7. The lowest BCUT2D eigenvalue weighted by Crippen LogP contribution is -2.48. The number of amides is 1. The lowest BCUT2D eigenvalue weighted by Gasteiger charge is -2.35. The van der Waals surface area contributed by atoms with Gasteiger partial charge in [0.05, 0.1) is 30.6 Å². The fourth-order valence-corrected chi connectivity index (χ4v) is 4.71. The van der Waals surface area contributed by atoms with E-state index in [9.17, 15) is 23.1 Å². The van der Waals surface area contributed by atoms with Crippen molar-refractivity contribution in [2.24, 2.45) is 17.6 Å². The molecular formula is C23H34F4N4O3. The highest BCUT2D eigenvalue weighted by Gasteiger charge is 2.43. The van der Waals surface area contributed by atoms with Crippen LogP contribution < -0.4 is 16.0 Å². The molecule has 2 heterocycles. The Kier molecular flexibility index (Phi) is 9.00. The van der Waals surface area contributed by atoms with Crippen molar-refractivity contribution in [3.63, 3.8) is 0 Å². The first kappa shape index (κ1) is 26.5. The van der Waals surface area contributed by atoms with Crippen LogP contribution in [0.25, 0.3) is 0 Å². The minimum atomic E-state index is -4.35. The summed E-state index contributed by atoms with van der Waals surface area (Å²) in [6.07, 6.45) is -5.81. The quantitative estimate of drug-likeness (QED) is 0.461. The van der Waals surface area contributed by atoms with Crippen molar-refractivity contribution in [2.75, 3.05) is 56.1 Å². The Morgan fingerprint density at radius 1 is 1.32 bits per heavy atom. The number of nitrogens with zero attached hydrogens (tertiary/aromatic N) is 2. The molecule has 192 valence electrons. The Labute approximate surface area is 197 Å². The van der Waals surface area contributed by atoms with Gasteiger partial charge in [-0.05, 0) is 50.8 Å². The molecule has 0 aromatic heterocycles. The molecule has 4 N–H and O–H groups in total. The number of β-amino-alcohol motifs (C(OH)–C–C–N with tert-alkyl or cyclic N) is 1. The van der Waals surface area contributed by atoms with E-state index in [0.29, 0.717) is 56.9 Å². The number of ether oxygens (including phenoxy) is 1. The highest BCUT2D eigenvalue weighted by Crippen LogP contribution is 2.33. The molecule has 0 aliphatic carbocycles. The lowest BCUT2D eigenvalue weighted by molar-refractivity contribution is -0.235. The van der Waals surface area contributed by atoms with E-state index < -0.39 is 30.1 Å². The number of carbonyl (C=O) groups is 1. The number of anilines is 2. The molecular weight excluding hydrogens is 456 g/mol. The molecule has 34 heavy (non-hydrogen) atoms. The summed E-state index contributed by atoms with van der Waals surface area (Å²) >= 11 is 0. The summed E-state index contributed by atoms with van der Waals surface area (Å²) in [6, 6.07) is 5.01. The minimum Gasteiger partial charge on any atom is -0.391 e. The number of nitrogens with two attached hydrogens (primary N) is 1. The van der Waals surface area contributed by atoms with Gasteiger partial charge in [-0.2, -0.15) is 13.2 Å². The number of alkyl halides is 3. The highest BCUT2D eigenvalue weighted by molar-refractivity contribution is 5.75. The second kappa shape index (κ2) is 11.5. The van der Waals surface area contributed by atoms with Gasteiger partial charge in [0, 0.05) is 32.1 Å². The molecule has 0 saturated carbocycles. The van der Waals surface area contributed by atoms with Gasteiger partial charge in [0.2, 0.25) is 5.91 Å². The van der Waals surface area contributed by atoms with Crippen molar-refractivity contribution in [3.8, 4) is 0 Å². The van der Waals surface area contributed by atoms with Gasteiger partial charge in [0.1, 0.15) is 0 Å². The number of primary amides is 1. The molecule has 7 nitrogen and oxygen atoms in total. The molecule has 2 saturated heterocycles. The molecule has 0 spiro atoms. The van der Waals surface area contributed by atoms with Crippen molar-refractivity contribution in [1.82, 2.24) is 4.90 Å². The molecule has 0 bridgehead atoms. The fraction of sp³-hybridized carbons (Fsp3) is 0.696. The third-order valence-corrected chi connectivity index (χ3v) is 6.65. The number of hydrogen-bond donors (Lipinski definition) is 3. The van der Waals surface area contributed by atoms with Crippen molar-refractivity contribution >= 4 is 17.3 Å².